The Morgan fingerprint density at radius 3 is 2.65 bits per heavy atom. The molecule has 1 spiro atoms. The lowest BCUT2D eigenvalue weighted by Crippen LogP contribution is -2.50. The first-order valence-corrected chi connectivity index (χ1v) is 11.7. The van der Waals surface area contributed by atoms with Gasteiger partial charge in [0.1, 0.15) is 5.82 Å². The van der Waals surface area contributed by atoms with Crippen LogP contribution in [0.25, 0.3) is 11.1 Å². The van der Waals surface area contributed by atoms with Crippen molar-refractivity contribution in [1.29, 1.82) is 0 Å². The smallest absolute Gasteiger partial charge is 0.230 e. The number of amides is 1. The fraction of sp³-hybridized carbons (Fsp3) is 0.609. The van der Waals surface area contributed by atoms with E-state index in [1.807, 2.05) is 25.5 Å². The van der Waals surface area contributed by atoms with E-state index in [2.05, 4.69) is 19.9 Å². The van der Waals surface area contributed by atoms with Gasteiger partial charge in [0.15, 0.2) is 0 Å². The Morgan fingerprint density at radius 1 is 1.13 bits per heavy atom. The highest BCUT2D eigenvalue weighted by molar-refractivity contribution is 6.33. The fourth-order valence-electron chi connectivity index (χ4n) is 5.65. The molecule has 7 nitrogen and oxygen atoms in total. The first-order valence-electron chi connectivity index (χ1n) is 11.3. The predicted octanol–water partition coefficient (Wildman–Crippen LogP) is 3.26. The van der Waals surface area contributed by atoms with Gasteiger partial charge in [-0.1, -0.05) is 11.6 Å². The van der Waals surface area contributed by atoms with Gasteiger partial charge in [-0.05, 0) is 51.0 Å². The van der Waals surface area contributed by atoms with Gasteiger partial charge in [0.05, 0.1) is 22.7 Å². The lowest BCUT2D eigenvalue weighted by molar-refractivity contribution is -0.139. The molecular formula is C23H30ClN5O2. The number of likely N-dealkylation sites (tertiary alicyclic amines) is 1. The molecule has 3 fully saturated rings. The van der Waals surface area contributed by atoms with Gasteiger partial charge in [-0.2, -0.15) is 5.10 Å². The topological polar surface area (TPSA) is 74.5 Å². The second-order valence-electron chi connectivity index (χ2n) is 9.45. The molecule has 1 amide bonds. The summed E-state index contributed by atoms with van der Waals surface area (Å²) in [5, 5.41) is 14.7. The number of aliphatic hydroxyl groups excluding tert-OH is 1. The number of hydrogen-bond donors (Lipinski definition) is 1. The van der Waals surface area contributed by atoms with E-state index < -0.39 is 0 Å². The molecule has 4 heterocycles. The molecule has 1 aliphatic carbocycles. The number of carbonyl (C=O) groups excluding carboxylic acids is 1. The number of hydrogen-bond acceptors (Lipinski definition) is 5. The van der Waals surface area contributed by atoms with E-state index in [4.69, 9.17) is 11.6 Å². The van der Waals surface area contributed by atoms with E-state index in [9.17, 15) is 9.90 Å². The molecule has 3 aliphatic rings. The van der Waals surface area contributed by atoms with Crippen LogP contribution in [0, 0.1) is 5.41 Å². The van der Waals surface area contributed by atoms with E-state index in [1.54, 1.807) is 10.9 Å². The van der Waals surface area contributed by atoms with Crippen LogP contribution in [0.5, 0.6) is 0 Å². The maximum atomic E-state index is 13.5. The number of piperidine rings is 1. The summed E-state index contributed by atoms with van der Waals surface area (Å²) in [4.78, 5) is 22.5. The highest BCUT2D eigenvalue weighted by Crippen LogP contribution is 2.44. The van der Waals surface area contributed by atoms with Crippen molar-refractivity contribution in [2.45, 2.75) is 57.1 Å². The molecule has 8 heteroatoms. The summed E-state index contributed by atoms with van der Waals surface area (Å²) in [5.41, 5.74) is 1.59. The van der Waals surface area contributed by atoms with Crippen molar-refractivity contribution in [2.24, 2.45) is 12.5 Å². The highest BCUT2D eigenvalue weighted by atomic mass is 35.5. The van der Waals surface area contributed by atoms with E-state index in [0.717, 1.165) is 75.0 Å². The molecule has 1 atom stereocenters. The van der Waals surface area contributed by atoms with Crippen LogP contribution in [0.4, 0.5) is 5.82 Å². The molecule has 166 valence electrons. The molecule has 0 bridgehead atoms. The number of nitrogens with zero attached hydrogens (tertiary/aromatic N) is 5. The van der Waals surface area contributed by atoms with Gasteiger partial charge >= 0.3 is 0 Å². The van der Waals surface area contributed by atoms with Crippen molar-refractivity contribution in [2.75, 3.05) is 24.5 Å². The van der Waals surface area contributed by atoms with Crippen molar-refractivity contribution in [3.63, 3.8) is 0 Å². The molecule has 0 radical (unpaired) electrons. The lowest BCUT2D eigenvalue weighted by atomic mass is 9.78. The zero-order valence-corrected chi connectivity index (χ0v) is 18.8. The molecule has 31 heavy (non-hydrogen) atoms. The number of carbonyl (C=O) groups is 1. The molecule has 5 rings (SSSR count). The van der Waals surface area contributed by atoms with Crippen molar-refractivity contribution >= 4 is 23.3 Å². The number of pyridine rings is 1. The third-order valence-corrected chi connectivity index (χ3v) is 7.67. The molecule has 2 aromatic heterocycles. The van der Waals surface area contributed by atoms with Crippen LogP contribution >= 0.6 is 11.6 Å². The van der Waals surface area contributed by atoms with Gasteiger partial charge in [0.25, 0.3) is 0 Å². The number of aliphatic hydroxyl groups is 1. The minimum Gasteiger partial charge on any atom is -0.393 e. The molecule has 2 aliphatic heterocycles. The zero-order chi connectivity index (χ0) is 21.6. The Balaban J connectivity index is 1.33. The van der Waals surface area contributed by atoms with Gasteiger partial charge < -0.3 is 14.9 Å². The van der Waals surface area contributed by atoms with E-state index in [0.29, 0.717) is 17.5 Å². The quantitative estimate of drug-likeness (QED) is 0.788. The summed E-state index contributed by atoms with van der Waals surface area (Å²) >= 11 is 6.66. The van der Waals surface area contributed by atoms with Crippen molar-refractivity contribution in [3.8, 4) is 11.1 Å². The van der Waals surface area contributed by atoms with Crippen LogP contribution in [0.3, 0.4) is 0 Å². The maximum absolute atomic E-state index is 13.5. The largest absolute Gasteiger partial charge is 0.393 e. The van der Waals surface area contributed by atoms with E-state index >= 15 is 0 Å². The number of anilines is 1. The van der Waals surface area contributed by atoms with Crippen molar-refractivity contribution < 1.29 is 9.90 Å². The molecule has 0 unspecified atom stereocenters. The Labute approximate surface area is 188 Å². The van der Waals surface area contributed by atoms with Crippen LogP contribution in [0.2, 0.25) is 5.02 Å². The number of halogens is 1. The molecule has 1 N–H and O–H groups in total. The fourth-order valence-corrected chi connectivity index (χ4v) is 5.93. The first-order chi connectivity index (χ1) is 14.9. The molecule has 2 aromatic rings. The number of aromatic nitrogens is 3. The van der Waals surface area contributed by atoms with Crippen LogP contribution in [0.1, 0.15) is 44.9 Å². The summed E-state index contributed by atoms with van der Waals surface area (Å²) in [6, 6.07) is 2.23. The van der Waals surface area contributed by atoms with Crippen LogP contribution < -0.4 is 4.90 Å². The molecule has 2 saturated heterocycles. The Hall–Kier alpha value is -2.12. The van der Waals surface area contributed by atoms with Gasteiger partial charge in [0.2, 0.25) is 5.91 Å². The summed E-state index contributed by atoms with van der Waals surface area (Å²) in [6.45, 7) is 2.37. The second kappa shape index (κ2) is 8.10. The average Bonchev–Trinajstić information content (AvgIpc) is 3.33. The molecular weight excluding hydrogens is 414 g/mol. The SMILES string of the molecule is Cn1cc(-c2cnc(N3CCC[C@]4(CCN([C@H]5CC[C@H](O)CC5)C4=O)C3)c(Cl)c2)cn1. The monoisotopic (exact) mass is 443 g/mol. The van der Waals surface area contributed by atoms with Crippen LogP contribution in [-0.4, -0.2) is 62.5 Å². The first kappa shape index (κ1) is 20.8. The number of rotatable bonds is 3. The van der Waals surface area contributed by atoms with Gasteiger partial charge in [0, 0.05) is 56.2 Å². The van der Waals surface area contributed by atoms with E-state index in [-0.39, 0.29) is 17.6 Å². The second-order valence-corrected chi connectivity index (χ2v) is 9.86. The summed E-state index contributed by atoms with van der Waals surface area (Å²) in [7, 11) is 1.89. The average molecular weight is 444 g/mol. The van der Waals surface area contributed by atoms with Crippen molar-refractivity contribution in [3.05, 3.63) is 29.7 Å². The summed E-state index contributed by atoms with van der Waals surface area (Å²) in [5.74, 6) is 1.06. The molecule has 1 saturated carbocycles. The summed E-state index contributed by atoms with van der Waals surface area (Å²) < 4.78 is 1.76. The van der Waals surface area contributed by atoms with Crippen LogP contribution in [0.15, 0.2) is 24.7 Å². The Kier molecular flexibility index (Phi) is 5.42. The standard InChI is InChI=1S/C23H30ClN5O2/c1-27-14-17(13-26-27)16-11-20(24)21(25-12-16)28-9-2-7-23(15-28)8-10-29(22(23)31)18-3-5-19(30)6-4-18/h11-14,18-19,30H,2-10,15H2,1H3/t18-,19-,23-/m0/s1. The summed E-state index contributed by atoms with van der Waals surface area (Å²) in [6.07, 6.45) is 11.6. The number of aryl methyl sites for hydroxylation is 1. The molecule has 0 aromatic carbocycles. The Bertz CT molecular complexity index is 971. The third kappa shape index (κ3) is 3.82. The van der Waals surface area contributed by atoms with E-state index in [1.165, 1.54) is 0 Å². The Morgan fingerprint density at radius 2 is 1.94 bits per heavy atom. The lowest BCUT2D eigenvalue weighted by Gasteiger charge is -2.41. The maximum Gasteiger partial charge on any atom is 0.230 e. The zero-order valence-electron chi connectivity index (χ0n) is 18.0. The van der Waals surface area contributed by atoms with Gasteiger partial charge in [-0.3, -0.25) is 9.48 Å². The minimum atomic E-state index is -0.332. The van der Waals surface area contributed by atoms with Gasteiger partial charge in [-0.15, -0.1) is 0 Å². The van der Waals surface area contributed by atoms with Crippen LogP contribution in [-0.2, 0) is 11.8 Å². The minimum absolute atomic E-state index is 0.198. The van der Waals surface area contributed by atoms with Crippen molar-refractivity contribution in [1.82, 2.24) is 19.7 Å². The predicted molar refractivity (Wildman–Crippen MR) is 120 cm³/mol. The third-order valence-electron chi connectivity index (χ3n) is 7.39. The highest BCUT2D eigenvalue weighted by Gasteiger charge is 2.51. The van der Waals surface area contributed by atoms with Gasteiger partial charge in [-0.25, -0.2) is 4.98 Å². The normalized spacial score (nSPS) is 29.2.